The summed E-state index contributed by atoms with van der Waals surface area (Å²) in [6, 6.07) is 7.36. The summed E-state index contributed by atoms with van der Waals surface area (Å²) >= 11 is 0. The van der Waals surface area contributed by atoms with Crippen LogP contribution in [0.25, 0.3) is 16.6 Å². The molecule has 3 rings (SSSR count). The summed E-state index contributed by atoms with van der Waals surface area (Å²) in [5.41, 5.74) is 1.97. The quantitative estimate of drug-likeness (QED) is 0.593. The van der Waals surface area contributed by atoms with Crippen molar-refractivity contribution in [2.75, 3.05) is 0 Å². The molecule has 0 bridgehead atoms. The Morgan fingerprint density at radius 2 is 1.89 bits per heavy atom. The predicted molar refractivity (Wildman–Crippen MR) is 62.4 cm³/mol. The van der Waals surface area contributed by atoms with Crippen molar-refractivity contribution < 1.29 is 13.2 Å². The van der Waals surface area contributed by atoms with Crippen LogP contribution in [0, 0.1) is 6.92 Å². The van der Waals surface area contributed by atoms with Crippen LogP contribution in [-0.2, 0) is 6.18 Å². The Labute approximate surface area is 101 Å². The van der Waals surface area contributed by atoms with E-state index in [2.05, 4.69) is 4.98 Å². The second-order valence-electron chi connectivity index (χ2n) is 4.16. The van der Waals surface area contributed by atoms with E-state index in [9.17, 15) is 13.2 Å². The van der Waals surface area contributed by atoms with Crippen molar-refractivity contribution in [2.45, 2.75) is 13.1 Å². The molecule has 0 aliphatic heterocycles. The largest absolute Gasteiger partial charge is 0.416 e. The molecule has 1 aromatic carbocycles. The minimum atomic E-state index is -4.34. The maximum atomic E-state index is 12.6. The van der Waals surface area contributed by atoms with E-state index in [0.717, 1.165) is 17.6 Å². The highest BCUT2D eigenvalue weighted by Gasteiger charge is 2.30. The minimum Gasteiger partial charge on any atom is -0.313 e. The SMILES string of the molecule is Cc1nc2cc(C(F)(F)F)ccc2n2cccc12. The van der Waals surface area contributed by atoms with E-state index in [0.29, 0.717) is 16.7 Å². The maximum absolute atomic E-state index is 12.6. The van der Waals surface area contributed by atoms with Gasteiger partial charge in [0.25, 0.3) is 0 Å². The highest BCUT2D eigenvalue weighted by molar-refractivity contribution is 5.80. The molecule has 2 aromatic heterocycles. The maximum Gasteiger partial charge on any atom is 0.416 e. The fraction of sp³-hybridized carbons (Fsp3) is 0.154. The molecule has 5 heteroatoms. The molecule has 0 fully saturated rings. The van der Waals surface area contributed by atoms with Gasteiger partial charge in [-0.2, -0.15) is 13.2 Å². The van der Waals surface area contributed by atoms with Crippen LogP contribution in [0.15, 0.2) is 36.5 Å². The van der Waals surface area contributed by atoms with Gasteiger partial charge in [-0.25, -0.2) is 4.98 Å². The Balaban J connectivity index is 2.39. The molecule has 3 aromatic rings. The molecule has 0 radical (unpaired) electrons. The molecule has 0 unspecified atom stereocenters. The molecule has 0 aliphatic carbocycles. The van der Waals surface area contributed by atoms with Crippen molar-refractivity contribution in [1.29, 1.82) is 0 Å². The first-order valence-electron chi connectivity index (χ1n) is 5.41. The number of rotatable bonds is 0. The van der Waals surface area contributed by atoms with Crippen LogP contribution in [0.2, 0.25) is 0 Å². The third-order valence-electron chi connectivity index (χ3n) is 2.97. The Bertz CT molecular complexity index is 741. The zero-order chi connectivity index (χ0) is 12.9. The summed E-state index contributed by atoms with van der Waals surface area (Å²) in [6.07, 6.45) is -2.52. The fourth-order valence-electron chi connectivity index (χ4n) is 2.12. The van der Waals surface area contributed by atoms with Gasteiger partial charge in [0.05, 0.1) is 27.8 Å². The van der Waals surface area contributed by atoms with Gasteiger partial charge in [0.15, 0.2) is 0 Å². The van der Waals surface area contributed by atoms with Gasteiger partial charge in [-0.15, -0.1) is 0 Å². The molecule has 0 amide bonds. The molecule has 0 saturated heterocycles. The first-order chi connectivity index (χ1) is 8.47. The van der Waals surface area contributed by atoms with E-state index >= 15 is 0 Å². The third kappa shape index (κ3) is 1.54. The van der Waals surface area contributed by atoms with Gasteiger partial charge < -0.3 is 4.40 Å². The fourth-order valence-corrected chi connectivity index (χ4v) is 2.12. The van der Waals surface area contributed by atoms with Crippen molar-refractivity contribution in [3.05, 3.63) is 47.8 Å². The molecule has 2 heterocycles. The van der Waals surface area contributed by atoms with Crippen molar-refractivity contribution in [2.24, 2.45) is 0 Å². The molecular formula is C13H9F3N2. The number of hydrogen-bond acceptors (Lipinski definition) is 1. The first-order valence-corrected chi connectivity index (χ1v) is 5.41. The van der Waals surface area contributed by atoms with Crippen molar-refractivity contribution in [3.63, 3.8) is 0 Å². The number of hydrogen-bond donors (Lipinski definition) is 0. The molecule has 2 nitrogen and oxygen atoms in total. The van der Waals surface area contributed by atoms with Crippen molar-refractivity contribution >= 4 is 16.6 Å². The van der Waals surface area contributed by atoms with Crippen LogP contribution in [0.1, 0.15) is 11.3 Å². The number of nitrogens with zero attached hydrogens (tertiary/aromatic N) is 2. The van der Waals surface area contributed by atoms with Crippen LogP contribution >= 0.6 is 0 Å². The standard InChI is InChI=1S/C13H9F3N2/c1-8-11-3-2-6-18(11)12-5-4-9(13(14,15)16)7-10(12)17-8/h2-7H,1H3. The second-order valence-corrected chi connectivity index (χ2v) is 4.16. The number of benzene rings is 1. The Morgan fingerprint density at radius 3 is 2.61 bits per heavy atom. The molecule has 18 heavy (non-hydrogen) atoms. The van der Waals surface area contributed by atoms with Gasteiger partial charge in [0.1, 0.15) is 0 Å². The van der Waals surface area contributed by atoms with Crippen LogP contribution in [0.5, 0.6) is 0 Å². The average molecular weight is 250 g/mol. The van der Waals surface area contributed by atoms with E-state index in [1.54, 1.807) is 6.92 Å². The highest BCUT2D eigenvalue weighted by Crippen LogP contribution is 2.31. The van der Waals surface area contributed by atoms with Crippen LogP contribution in [0.4, 0.5) is 13.2 Å². The van der Waals surface area contributed by atoms with Crippen molar-refractivity contribution in [1.82, 2.24) is 9.38 Å². The van der Waals surface area contributed by atoms with Crippen LogP contribution < -0.4 is 0 Å². The lowest BCUT2D eigenvalue weighted by molar-refractivity contribution is -0.137. The number of aromatic nitrogens is 2. The van der Waals surface area contributed by atoms with Gasteiger partial charge >= 0.3 is 6.18 Å². The number of fused-ring (bicyclic) bond motifs is 3. The van der Waals surface area contributed by atoms with E-state index < -0.39 is 11.7 Å². The van der Waals surface area contributed by atoms with E-state index in [-0.39, 0.29) is 0 Å². The van der Waals surface area contributed by atoms with E-state index in [4.69, 9.17) is 0 Å². The molecule has 0 atom stereocenters. The lowest BCUT2D eigenvalue weighted by Crippen LogP contribution is -2.05. The summed E-state index contributed by atoms with van der Waals surface area (Å²) in [5.74, 6) is 0. The first kappa shape index (κ1) is 11.1. The number of halogens is 3. The normalized spacial score (nSPS) is 12.4. The smallest absolute Gasteiger partial charge is 0.313 e. The summed E-state index contributed by atoms with van der Waals surface area (Å²) in [7, 11) is 0. The zero-order valence-electron chi connectivity index (χ0n) is 9.49. The number of aryl methyl sites for hydroxylation is 1. The highest BCUT2D eigenvalue weighted by atomic mass is 19.4. The Morgan fingerprint density at radius 1 is 1.11 bits per heavy atom. The third-order valence-corrected chi connectivity index (χ3v) is 2.97. The van der Waals surface area contributed by atoms with Crippen LogP contribution in [-0.4, -0.2) is 9.38 Å². The molecule has 0 saturated carbocycles. The zero-order valence-corrected chi connectivity index (χ0v) is 9.49. The summed E-state index contributed by atoms with van der Waals surface area (Å²) in [6.45, 7) is 1.79. The Hall–Kier alpha value is -2.04. The molecule has 0 N–H and O–H groups in total. The molecule has 0 aliphatic rings. The molecule has 92 valence electrons. The van der Waals surface area contributed by atoms with Gasteiger partial charge in [-0.1, -0.05) is 0 Å². The van der Waals surface area contributed by atoms with Crippen molar-refractivity contribution in [3.8, 4) is 0 Å². The van der Waals surface area contributed by atoms with E-state index in [1.807, 2.05) is 22.7 Å². The lowest BCUT2D eigenvalue weighted by atomic mass is 10.2. The topological polar surface area (TPSA) is 17.3 Å². The molecular weight excluding hydrogens is 241 g/mol. The monoisotopic (exact) mass is 250 g/mol. The second kappa shape index (κ2) is 3.48. The van der Waals surface area contributed by atoms with Gasteiger partial charge in [-0.05, 0) is 37.3 Å². The van der Waals surface area contributed by atoms with Crippen LogP contribution in [0.3, 0.4) is 0 Å². The Kier molecular flexibility index (Phi) is 2.14. The number of alkyl halides is 3. The van der Waals surface area contributed by atoms with Gasteiger partial charge in [0, 0.05) is 6.20 Å². The average Bonchev–Trinajstić information content (AvgIpc) is 2.77. The summed E-state index contributed by atoms with van der Waals surface area (Å²) in [5, 5.41) is 0. The molecule has 0 spiro atoms. The van der Waals surface area contributed by atoms with E-state index in [1.165, 1.54) is 6.07 Å². The minimum absolute atomic E-state index is 0.353. The summed E-state index contributed by atoms with van der Waals surface area (Å²) in [4.78, 5) is 4.23. The van der Waals surface area contributed by atoms with Gasteiger partial charge in [-0.3, -0.25) is 0 Å². The predicted octanol–water partition coefficient (Wildman–Crippen LogP) is 3.81. The lowest BCUT2D eigenvalue weighted by Gasteiger charge is -2.09. The van der Waals surface area contributed by atoms with Gasteiger partial charge in [0.2, 0.25) is 0 Å². The summed E-state index contributed by atoms with van der Waals surface area (Å²) < 4.78 is 39.8.